The Morgan fingerprint density at radius 1 is 1.40 bits per heavy atom. The van der Waals surface area contributed by atoms with E-state index < -0.39 is 0 Å². The summed E-state index contributed by atoms with van der Waals surface area (Å²) in [5.41, 5.74) is 3.05. The molecule has 0 aliphatic heterocycles. The molecule has 1 aromatic carbocycles. The van der Waals surface area contributed by atoms with Gasteiger partial charge in [0.15, 0.2) is 5.78 Å². The zero-order valence-electron chi connectivity index (χ0n) is 9.83. The standard InChI is InChI=1S/C13H18O2/c1-9-6-5-7-12(11(9)3)13(14)8-10(2)15-4/h5-7,10H,8H2,1-4H3. The van der Waals surface area contributed by atoms with Gasteiger partial charge in [0.05, 0.1) is 6.10 Å². The Morgan fingerprint density at radius 3 is 2.67 bits per heavy atom. The van der Waals surface area contributed by atoms with E-state index in [2.05, 4.69) is 0 Å². The largest absolute Gasteiger partial charge is 0.381 e. The molecule has 0 heterocycles. The Morgan fingerprint density at radius 2 is 2.07 bits per heavy atom. The zero-order chi connectivity index (χ0) is 11.4. The lowest BCUT2D eigenvalue weighted by molar-refractivity contribution is 0.0791. The van der Waals surface area contributed by atoms with Crippen molar-refractivity contribution >= 4 is 5.78 Å². The van der Waals surface area contributed by atoms with Crippen LogP contribution in [0.2, 0.25) is 0 Å². The lowest BCUT2D eigenvalue weighted by Gasteiger charge is -2.11. The maximum Gasteiger partial charge on any atom is 0.165 e. The van der Waals surface area contributed by atoms with E-state index in [9.17, 15) is 4.79 Å². The van der Waals surface area contributed by atoms with Crippen molar-refractivity contribution in [1.29, 1.82) is 0 Å². The summed E-state index contributed by atoms with van der Waals surface area (Å²) in [7, 11) is 1.63. The Bertz CT molecular complexity index is 356. The average Bonchev–Trinajstić information content (AvgIpc) is 2.21. The number of rotatable bonds is 4. The van der Waals surface area contributed by atoms with Gasteiger partial charge in [-0.15, -0.1) is 0 Å². The van der Waals surface area contributed by atoms with E-state index >= 15 is 0 Å². The predicted molar refractivity (Wildman–Crippen MR) is 61.3 cm³/mol. The first-order valence-corrected chi connectivity index (χ1v) is 5.18. The lowest BCUT2D eigenvalue weighted by atomic mass is 9.97. The second-order valence-corrected chi connectivity index (χ2v) is 3.92. The van der Waals surface area contributed by atoms with Crippen molar-refractivity contribution in [1.82, 2.24) is 0 Å². The summed E-state index contributed by atoms with van der Waals surface area (Å²) < 4.78 is 5.09. The molecule has 2 nitrogen and oxygen atoms in total. The third-order valence-electron chi connectivity index (χ3n) is 2.78. The van der Waals surface area contributed by atoms with Gasteiger partial charge < -0.3 is 4.74 Å². The number of Topliss-reactive ketones (excluding diaryl/α,β-unsaturated/α-hetero) is 1. The molecule has 1 rings (SSSR count). The molecule has 0 radical (unpaired) electrons. The summed E-state index contributed by atoms with van der Waals surface area (Å²) >= 11 is 0. The second-order valence-electron chi connectivity index (χ2n) is 3.92. The Balaban J connectivity index is 2.87. The van der Waals surface area contributed by atoms with Gasteiger partial charge in [-0.2, -0.15) is 0 Å². The molecule has 0 aliphatic carbocycles. The molecule has 15 heavy (non-hydrogen) atoms. The Hall–Kier alpha value is -1.15. The van der Waals surface area contributed by atoms with E-state index in [-0.39, 0.29) is 11.9 Å². The first-order valence-electron chi connectivity index (χ1n) is 5.18. The van der Waals surface area contributed by atoms with Crippen molar-refractivity contribution in [2.75, 3.05) is 7.11 Å². The van der Waals surface area contributed by atoms with E-state index in [0.717, 1.165) is 16.7 Å². The van der Waals surface area contributed by atoms with Crippen molar-refractivity contribution in [3.05, 3.63) is 34.9 Å². The first kappa shape index (κ1) is 11.9. The third kappa shape index (κ3) is 2.90. The molecule has 1 unspecified atom stereocenters. The molecule has 1 aromatic rings. The summed E-state index contributed by atoms with van der Waals surface area (Å²) in [5, 5.41) is 0. The highest BCUT2D eigenvalue weighted by Crippen LogP contribution is 2.15. The van der Waals surface area contributed by atoms with Gasteiger partial charge in [-0.25, -0.2) is 0 Å². The van der Waals surface area contributed by atoms with Crippen LogP contribution in [0.5, 0.6) is 0 Å². The number of methoxy groups -OCH3 is 1. The fourth-order valence-electron chi connectivity index (χ4n) is 1.51. The topological polar surface area (TPSA) is 26.3 Å². The maximum atomic E-state index is 11.9. The van der Waals surface area contributed by atoms with Crippen LogP contribution in [-0.2, 0) is 4.74 Å². The van der Waals surface area contributed by atoms with Gasteiger partial charge in [-0.1, -0.05) is 18.2 Å². The number of ether oxygens (including phenoxy) is 1. The number of ketones is 1. The van der Waals surface area contributed by atoms with Gasteiger partial charge in [-0.05, 0) is 31.9 Å². The number of hydrogen-bond donors (Lipinski definition) is 0. The fourth-order valence-corrected chi connectivity index (χ4v) is 1.51. The molecule has 2 heteroatoms. The molecule has 82 valence electrons. The second kappa shape index (κ2) is 5.08. The van der Waals surface area contributed by atoms with Crippen LogP contribution in [0.1, 0.15) is 34.8 Å². The summed E-state index contributed by atoms with van der Waals surface area (Å²) in [4.78, 5) is 11.9. The quantitative estimate of drug-likeness (QED) is 0.708. The molecule has 0 fully saturated rings. The van der Waals surface area contributed by atoms with Gasteiger partial charge in [0.25, 0.3) is 0 Å². The van der Waals surface area contributed by atoms with Crippen LogP contribution >= 0.6 is 0 Å². The molecule has 0 aromatic heterocycles. The number of aryl methyl sites for hydroxylation is 1. The molecule has 0 bridgehead atoms. The van der Waals surface area contributed by atoms with E-state index in [1.54, 1.807) is 7.11 Å². The lowest BCUT2D eigenvalue weighted by Crippen LogP contribution is -2.13. The minimum Gasteiger partial charge on any atom is -0.381 e. The van der Waals surface area contributed by atoms with Crippen molar-refractivity contribution < 1.29 is 9.53 Å². The molecular formula is C13H18O2. The summed E-state index contributed by atoms with van der Waals surface area (Å²) in [6.45, 7) is 5.91. The van der Waals surface area contributed by atoms with Crippen molar-refractivity contribution in [3.8, 4) is 0 Å². The van der Waals surface area contributed by atoms with Gasteiger partial charge in [-0.3, -0.25) is 4.79 Å². The number of carbonyl (C=O) groups is 1. The van der Waals surface area contributed by atoms with Crippen LogP contribution in [0.3, 0.4) is 0 Å². The van der Waals surface area contributed by atoms with Gasteiger partial charge in [0.2, 0.25) is 0 Å². The first-order chi connectivity index (χ1) is 7.06. The molecule has 0 amide bonds. The van der Waals surface area contributed by atoms with Crippen LogP contribution in [0.4, 0.5) is 0 Å². The molecule has 0 spiro atoms. The average molecular weight is 206 g/mol. The molecule has 0 saturated carbocycles. The van der Waals surface area contributed by atoms with E-state index in [1.165, 1.54) is 0 Å². The number of benzene rings is 1. The molecule has 0 aliphatic rings. The van der Waals surface area contributed by atoms with Gasteiger partial charge in [0, 0.05) is 19.1 Å². The third-order valence-corrected chi connectivity index (χ3v) is 2.78. The Labute approximate surface area is 91.3 Å². The zero-order valence-corrected chi connectivity index (χ0v) is 9.83. The maximum absolute atomic E-state index is 11.9. The highest BCUT2D eigenvalue weighted by atomic mass is 16.5. The SMILES string of the molecule is COC(C)CC(=O)c1cccc(C)c1C. The summed E-state index contributed by atoms with van der Waals surface area (Å²) in [6.07, 6.45) is 0.429. The number of carbonyl (C=O) groups excluding carboxylic acids is 1. The van der Waals surface area contributed by atoms with Gasteiger partial charge >= 0.3 is 0 Å². The minimum atomic E-state index is -0.0163. The normalized spacial score (nSPS) is 12.5. The van der Waals surface area contributed by atoms with Crippen LogP contribution in [0.25, 0.3) is 0 Å². The van der Waals surface area contributed by atoms with Crippen molar-refractivity contribution in [2.45, 2.75) is 33.3 Å². The predicted octanol–water partition coefficient (Wildman–Crippen LogP) is 2.91. The molecular weight excluding hydrogens is 188 g/mol. The highest BCUT2D eigenvalue weighted by molar-refractivity contribution is 5.97. The summed E-state index contributed by atoms with van der Waals surface area (Å²) in [6, 6.07) is 5.83. The van der Waals surface area contributed by atoms with Crippen LogP contribution in [0, 0.1) is 13.8 Å². The minimum absolute atomic E-state index is 0.0163. The van der Waals surface area contributed by atoms with E-state index in [4.69, 9.17) is 4.74 Å². The monoisotopic (exact) mass is 206 g/mol. The van der Waals surface area contributed by atoms with E-state index in [1.807, 2.05) is 39.0 Å². The molecule has 0 saturated heterocycles. The van der Waals surface area contributed by atoms with Crippen LogP contribution in [-0.4, -0.2) is 19.0 Å². The van der Waals surface area contributed by atoms with E-state index in [0.29, 0.717) is 6.42 Å². The van der Waals surface area contributed by atoms with Crippen LogP contribution in [0.15, 0.2) is 18.2 Å². The smallest absolute Gasteiger partial charge is 0.165 e. The fraction of sp³-hybridized carbons (Fsp3) is 0.462. The summed E-state index contributed by atoms with van der Waals surface area (Å²) in [5.74, 6) is 0.158. The van der Waals surface area contributed by atoms with Crippen molar-refractivity contribution in [3.63, 3.8) is 0 Å². The number of hydrogen-bond acceptors (Lipinski definition) is 2. The Kier molecular flexibility index (Phi) is 4.04. The molecule has 0 N–H and O–H groups in total. The molecule has 1 atom stereocenters. The van der Waals surface area contributed by atoms with Crippen LogP contribution < -0.4 is 0 Å². The highest BCUT2D eigenvalue weighted by Gasteiger charge is 2.13. The van der Waals surface area contributed by atoms with Crippen molar-refractivity contribution in [2.24, 2.45) is 0 Å². The van der Waals surface area contributed by atoms with Gasteiger partial charge in [0.1, 0.15) is 0 Å².